The highest BCUT2D eigenvalue weighted by atomic mass is 16.5. The van der Waals surface area contributed by atoms with E-state index < -0.39 is 0 Å². The molecule has 0 fully saturated rings. The van der Waals surface area contributed by atoms with Crippen LogP contribution in [-0.4, -0.2) is 13.2 Å². The van der Waals surface area contributed by atoms with Crippen molar-refractivity contribution in [2.45, 2.75) is 156 Å². The highest BCUT2D eigenvalue weighted by Crippen LogP contribution is 2.24. The van der Waals surface area contributed by atoms with Crippen molar-refractivity contribution in [2.24, 2.45) is 11.8 Å². The lowest BCUT2D eigenvalue weighted by Gasteiger charge is -2.18. The lowest BCUT2D eigenvalue weighted by molar-refractivity contribution is 0.117. The van der Waals surface area contributed by atoms with Gasteiger partial charge in [0, 0.05) is 13.2 Å². The third-order valence-corrected chi connectivity index (χ3v) is 6.67. The Hall–Kier alpha value is -0.0400. The number of unbranched alkanes of at least 4 members (excludes halogenated alkanes) is 8. The predicted octanol–water partition coefficient (Wildman–Crippen LogP) is 10.1. The second-order valence-corrected chi connectivity index (χ2v) is 9.61. The Labute approximate surface area is 186 Å². The molecule has 0 aromatic heterocycles. The molecule has 1 nitrogen and oxygen atoms in total. The molecule has 0 N–H and O–H groups in total. The first kappa shape index (κ1) is 29.0. The van der Waals surface area contributed by atoms with E-state index in [0.29, 0.717) is 0 Å². The number of ether oxygens (including phenoxy) is 1. The summed E-state index contributed by atoms with van der Waals surface area (Å²) in [6.45, 7) is 11.3. The minimum atomic E-state index is 0.957. The molecule has 0 heterocycles. The lowest BCUT2D eigenvalue weighted by Crippen LogP contribution is -2.06. The minimum Gasteiger partial charge on any atom is -0.381 e. The molecule has 0 unspecified atom stereocenters. The minimum absolute atomic E-state index is 0.957. The Kier molecular flexibility index (Phi) is 24.2. The smallest absolute Gasteiger partial charge is 0.0466 e. The summed E-state index contributed by atoms with van der Waals surface area (Å²) in [5.74, 6) is 1.91. The van der Waals surface area contributed by atoms with Crippen LogP contribution in [0.25, 0.3) is 0 Å². The third-order valence-electron chi connectivity index (χ3n) is 6.67. The summed E-state index contributed by atoms with van der Waals surface area (Å²) in [6, 6.07) is 0. The van der Waals surface area contributed by atoms with Gasteiger partial charge in [-0.25, -0.2) is 0 Å². The highest BCUT2D eigenvalue weighted by Gasteiger charge is 2.10. The van der Waals surface area contributed by atoms with Gasteiger partial charge >= 0.3 is 0 Å². The zero-order chi connectivity index (χ0) is 21.4. The Morgan fingerprint density at radius 2 is 0.655 bits per heavy atom. The molecule has 0 aliphatic rings. The van der Waals surface area contributed by atoms with Crippen LogP contribution in [0.3, 0.4) is 0 Å². The standard InChI is InChI=1S/C28H58O/c1-5-9-13-19-27(20-14-10-6-2)23-17-25-29-26-18-24-28(21-15-11-7-3)22-16-12-8-4/h27-28H,5-26H2,1-4H3. The molecule has 0 saturated carbocycles. The molecule has 0 aliphatic heterocycles. The maximum absolute atomic E-state index is 6.04. The van der Waals surface area contributed by atoms with E-state index in [2.05, 4.69) is 27.7 Å². The van der Waals surface area contributed by atoms with E-state index in [1.165, 1.54) is 128 Å². The average Bonchev–Trinajstić information content (AvgIpc) is 2.72. The lowest BCUT2D eigenvalue weighted by atomic mass is 9.91. The molecule has 0 aliphatic carbocycles. The van der Waals surface area contributed by atoms with Gasteiger partial charge in [0.2, 0.25) is 0 Å². The first-order valence-electron chi connectivity index (χ1n) is 13.9. The van der Waals surface area contributed by atoms with Crippen LogP contribution in [0.15, 0.2) is 0 Å². The molecule has 0 atom stereocenters. The van der Waals surface area contributed by atoms with Crippen LogP contribution in [0, 0.1) is 11.8 Å². The van der Waals surface area contributed by atoms with E-state index in [4.69, 9.17) is 4.74 Å². The molecular formula is C28H58O. The van der Waals surface area contributed by atoms with E-state index >= 15 is 0 Å². The summed E-state index contributed by atoms with van der Waals surface area (Å²) in [7, 11) is 0. The van der Waals surface area contributed by atoms with Crippen molar-refractivity contribution in [1.82, 2.24) is 0 Å². The van der Waals surface area contributed by atoms with Crippen molar-refractivity contribution in [3.63, 3.8) is 0 Å². The molecule has 176 valence electrons. The molecule has 29 heavy (non-hydrogen) atoms. The SMILES string of the molecule is CCCCCC(CCCCC)CCCOCCCC(CCCCC)CCCCC. The van der Waals surface area contributed by atoms with Gasteiger partial charge in [0.1, 0.15) is 0 Å². The normalized spacial score (nSPS) is 11.8. The molecular weight excluding hydrogens is 352 g/mol. The number of hydrogen-bond donors (Lipinski definition) is 0. The summed E-state index contributed by atoms with van der Waals surface area (Å²) in [5, 5.41) is 0. The summed E-state index contributed by atoms with van der Waals surface area (Å²) < 4.78 is 6.04. The van der Waals surface area contributed by atoms with Gasteiger partial charge in [-0.2, -0.15) is 0 Å². The summed E-state index contributed by atoms with van der Waals surface area (Å²) in [6.07, 6.45) is 28.0. The zero-order valence-corrected chi connectivity index (χ0v) is 21.1. The second kappa shape index (κ2) is 24.2. The average molecular weight is 411 g/mol. The second-order valence-electron chi connectivity index (χ2n) is 9.61. The van der Waals surface area contributed by atoms with Crippen molar-refractivity contribution >= 4 is 0 Å². The van der Waals surface area contributed by atoms with Gasteiger partial charge in [0.25, 0.3) is 0 Å². The van der Waals surface area contributed by atoms with Crippen LogP contribution in [-0.2, 0) is 4.74 Å². The maximum atomic E-state index is 6.04. The molecule has 1 heteroatoms. The summed E-state index contributed by atoms with van der Waals surface area (Å²) in [4.78, 5) is 0. The van der Waals surface area contributed by atoms with E-state index in [1.807, 2.05) is 0 Å². The van der Waals surface area contributed by atoms with Crippen LogP contribution in [0.1, 0.15) is 156 Å². The van der Waals surface area contributed by atoms with Gasteiger partial charge in [0.05, 0.1) is 0 Å². The van der Waals surface area contributed by atoms with Crippen LogP contribution in [0.4, 0.5) is 0 Å². The number of rotatable bonds is 24. The van der Waals surface area contributed by atoms with Gasteiger partial charge in [-0.15, -0.1) is 0 Å². The quantitative estimate of drug-likeness (QED) is 0.144. The van der Waals surface area contributed by atoms with E-state index in [1.54, 1.807) is 0 Å². The summed E-state index contributed by atoms with van der Waals surface area (Å²) >= 11 is 0. The van der Waals surface area contributed by atoms with E-state index in [0.717, 1.165) is 25.0 Å². The molecule has 0 rings (SSSR count). The van der Waals surface area contributed by atoms with Crippen LogP contribution >= 0.6 is 0 Å². The molecule has 0 radical (unpaired) electrons. The topological polar surface area (TPSA) is 9.23 Å². The van der Waals surface area contributed by atoms with Crippen molar-refractivity contribution in [2.75, 3.05) is 13.2 Å². The van der Waals surface area contributed by atoms with Crippen molar-refractivity contribution in [3.8, 4) is 0 Å². The molecule has 0 saturated heterocycles. The van der Waals surface area contributed by atoms with Crippen LogP contribution < -0.4 is 0 Å². The third kappa shape index (κ3) is 21.0. The fraction of sp³-hybridized carbons (Fsp3) is 1.00. The van der Waals surface area contributed by atoms with Crippen molar-refractivity contribution < 1.29 is 4.74 Å². The monoisotopic (exact) mass is 410 g/mol. The Balaban J connectivity index is 3.85. The molecule has 0 bridgehead atoms. The van der Waals surface area contributed by atoms with Crippen LogP contribution in [0.5, 0.6) is 0 Å². The Morgan fingerprint density at radius 3 is 0.931 bits per heavy atom. The predicted molar refractivity (Wildman–Crippen MR) is 133 cm³/mol. The molecule has 0 aromatic carbocycles. The zero-order valence-electron chi connectivity index (χ0n) is 21.1. The molecule has 0 amide bonds. The first-order valence-corrected chi connectivity index (χ1v) is 13.9. The van der Waals surface area contributed by atoms with E-state index in [9.17, 15) is 0 Å². The molecule has 0 spiro atoms. The fourth-order valence-corrected chi connectivity index (χ4v) is 4.65. The van der Waals surface area contributed by atoms with Gasteiger partial charge in [-0.3, -0.25) is 0 Å². The fourth-order valence-electron chi connectivity index (χ4n) is 4.65. The highest BCUT2D eigenvalue weighted by molar-refractivity contribution is 4.62. The number of hydrogen-bond acceptors (Lipinski definition) is 1. The van der Waals surface area contributed by atoms with Gasteiger partial charge in [0.15, 0.2) is 0 Å². The van der Waals surface area contributed by atoms with Gasteiger partial charge < -0.3 is 4.74 Å². The molecule has 0 aromatic rings. The van der Waals surface area contributed by atoms with E-state index in [-0.39, 0.29) is 0 Å². The largest absolute Gasteiger partial charge is 0.381 e. The Morgan fingerprint density at radius 1 is 0.379 bits per heavy atom. The van der Waals surface area contributed by atoms with Gasteiger partial charge in [-0.05, 0) is 37.5 Å². The van der Waals surface area contributed by atoms with Crippen molar-refractivity contribution in [1.29, 1.82) is 0 Å². The summed E-state index contributed by atoms with van der Waals surface area (Å²) in [5.41, 5.74) is 0. The maximum Gasteiger partial charge on any atom is 0.0466 e. The van der Waals surface area contributed by atoms with Crippen molar-refractivity contribution in [3.05, 3.63) is 0 Å². The Bertz CT molecular complexity index is 240. The van der Waals surface area contributed by atoms with Crippen LogP contribution in [0.2, 0.25) is 0 Å². The first-order chi connectivity index (χ1) is 14.3. The van der Waals surface area contributed by atoms with Gasteiger partial charge in [-0.1, -0.05) is 130 Å².